The highest BCUT2D eigenvalue weighted by Crippen LogP contribution is 2.38. The standard InChI is InChI=1S/C28H26N2O3/c1-2-32-27(31)15-14-25-28(22-10-6-7-11-24(22)30-25)23-17-29-26-16-20(12-13-21(23)26)33-18-19-8-4-3-5-9-19/h3-13,16-17,29-30H,2,14-15,18H2,1H3. The summed E-state index contributed by atoms with van der Waals surface area (Å²) in [7, 11) is 0. The zero-order valence-electron chi connectivity index (χ0n) is 18.6. The van der Waals surface area contributed by atoms with Gasteiger partial charge in [0.1, 0.15) is 12.4 Å². The van der Waals surface area contributed by atoms with Crippen molar-refractivity contribution in [2.45, 2.75) is 26.4 Å². The third-order valence-corrected chi connectivity index (χ3v) is 5.84. The number of fused-ring (bicyclic) bond motifs is 2. The number of aromatic nitrogens is 2. The SMILES string of the molecule is CCOC(=O)CCc1[nH]c2ccccc2c1-c1c[nH]c2cc(OCc3ccccc3)ccc12. The molecule has 0 atom stereocenters. The molecule has 166 valence electrons. The first-order valence-corrected chi connectivity index (χ1v) is 11.3. The molecular formula is C28H26N2O3. The molecule has 0 saturated carbocycles. The Balaban J connectivity index is 1.47. The van der Waals surface area contributed by atoms with Gasteiger partial charge in [0.2, 0.25) is 0 Å². The summed E-state index contributed by atoms with van der Waals surface area (Å²) >= 11 is 0. The lowest BCUT2D eigenvalue weighted by Crippen LogP contribution is -2.05. The van der Waals surface area contributed by atoms with E-state index in [-0.39, 0.29) is 5.97 Å². The molecular weight excluding hydrogens is 412 g/mol. The van der Waals surface area contributed by atoms with Crippen LogP contribution in [0.4, 0.5) is 0 Å². The number of H-pyrrole nitrogens is 2. The van der Waals surface area contributed by atoms with Crippen molar-refractivity contribution in [2.75, 3.05) is 6.61 Å². The Labute approximate surface area is 192 Å². The van der Waals surface area contributed by atoms with E-state index in [0.29, 0.717) is 26.1 Å². The van der Waals surface area contributed by atoms with Crippen molar-refractivity contribution >= 4 is 27.8 Å². The van der Waals surface area contributed by atoms with Crippen LogP contribution in [0.2, 0.25) is 0 Å². The molecule has 5 aromatic rings. The van der Waals surface area contributed by atoms with Gasteiger partial charge in [-0.25, -0.2) is 0 Å². The molecule has 5 rings (SSSR count). The third kappa shape index (κ3) is 4.35. The van der Waals surface area contributed by atoms with Gasteiger partial charge in [-0.15, -0.1) is 0 Å². The summed E-state index contributed by atoms with van der Waals surface area (Å²) in [6, 6.07) is 24.5. The number of carbonyl (C=O) groups excluding carboxylic acids is 1. The molecule has 3 aromatic carbocycles. The summed E-state index contributed by atoms with van der Waals surface area (Å²) in [4.78, 5) is 18.9. The zero-order chi connectivity index (χ0) is 22.6. The van der Waals surface area contributed by atoms with Gasteiger partial charge in [-0.2, -0.15) is 0 Å². The number of hydrogen-bond donors (Lipinski definition) is 2. The van der Waals surface area contributed by atoms with Crippen molar-refractivity contribution in [3.63, 3.8) is 0 Å². The van der Waals surface area contributed by atoms with Crippen LogP contribution in [0.1, 0.15) is 24.6 Å². The van der Waals surface area contributed by atoms with E-state index in [2.05, 4.69) is 40.3 Å². The number of hydrogen-bond acceptors (Lipinski definition) is 3. The van der Waals surface area contributed by atoms with Crippen LogP contribution in [0.3, 0.4) is 0 Å². The molecule has 0 aliphatic rings. The largest absolute Gasteiger partial charge is 0.489 e. The van der Waals surface area contributed by atoms with Gasteiger partial charge < -0.3 is 19.4 Å². The molecule has 0 fully saturated rings. The Morgan fingerprint density at radius 2 is 1.73 bits per heavy atom. The summed E-state index contributed by atoms with van der Waals surface area (Å²) in [6.07, 6.45) is 2.97. The van der Waals surface area contributed by atoms with Crippen LogP contribution in [0, 0.1) is 0 Å². The van der Waals surface area contributed by atoms with Gasteiger partial charge in [-0.1, -0.05) is 48.5 Å². The fourth-order valence-electron chi connectivity index (χ4n) is 4.30. The lowest BCUT2D eigenvalue weighted by atomic mass is 9.99. The summed E-state index contributed by atoms with van der Waals surface area (Å²) in [5.41, 5.74) is 6.47. The predicted molar refractivity (Wildman–Crippen MR) is 131 cm³/mol. The first-order chi connectivity index (χ1) is 16.2. The number of benzene rings is 3. The van der Waals surface area contributed by atoms with E-state index in [9.17, 15) is 4.79 Å². The molecule has 0 radical (unpaired) electrons. The molecule has 5 nitrogen and oxygen atoms in total. The molecule has 0 spiro atoms. The maximum absolute atomic E-state index is 12.0. The lowest BCUT2D eigenvalue weighted by Gasteiger charge is -2.07. The normalized spacial score (nSPS) is 11.2. The minimum Gasteiger partial charge on any atom is -0.489 e. The average Bonchev–Trinajstić information content (AvgIpc) is 3.42. The van der Waals surface area contributed by atoms with Crippen LogP contribution >= 0.6 is 0 Å². The maximum atomic E-state index is 12.0. The van der Waals surface area contributed by atoms with E-state index in [1.165, 1.54) is 0 Å². The van der Waals surface area contributed by atoms with E-state index in [1.54, 1.807) is 0 Å². The zero-order valence-corrected chi connectivity index (χ0v) is 18.6. The van der Waals surface area contributed by atoms with Crippen molar-refractivity contribution in [3.05, 3.63) is 90.3 Å². The first-order valence-electron chi connectivity index (χ1n) is 11.3. The molecule has 0 amide bonds. The highest BCUT2D eigenvalue weighted by molar-refractivity contribution is 6.06. The number of esters is 1. The number of para-hydroxylation sites is 1. The highest BCUT2D eigenvalue weighted by atomic mass is 16.5. The van der Waals surface area contributed by atoms with E-state index in [4.69, 9.17) is 9.47 Å². The number of aromatic amines is 2. The van der Waals surface area contributed by atoms with E-state index >= 15 is 0 Å². The topological polar surface area (TPSA) is 67.1 Å². The fourth-order valence-corrected chi connectivity index (χ4v) is 4.30. The maximum Gasteiger partial charge on any atom is 0.306 e. The summed E-state index contributed by atoms with van der Waals surface area (Å²) in [6.45, 7) is 2.76. The number of ether oxygens (including phenoxy) is 2. The quantitative estimate of drug-likeness (QED) is 0.276. The Morgan fingerprint density at radius 3 is 2.58 bits per heavy atom. The van der Waals surface area contributed by atoms with Gasteiger partial charge in [0.25, 0.3) is 0 Å². The Kier molecular flexibility index (Phi) is 5.85. The first kappa shape index (κ1) is 20.9. The van der Waals surface area contributed by atoms with Gasteiger partial charge in [0.15, 0.2) is 0 Å². The summed E-state index contributed by atoms with van der Waals surface area (Å²) in [5, 5.41) is 2.26. The number of aryl methyl sites for hydroxylation is 1. The van der Waals surface area contributed by atoms with Crippen LogP contribution in [0.15, 0.2) is 79.0 Å². The number of rotatable bonds is 8. The Morgan fingerprint density at radius 1 is 0.909 bits per heavy atom. The smallest absolute Gasteiger partial charge is 0.306 e. The van der Waals surface area contributed by atoms with Gasteiger partial charge >= 0.3 is 5.97 Å². The summed E-state index contributed by atoms with van der Waals surface area (Å²) in [5.74, 6) is 0.641. The average molecular weight is 439 g/mol. The van der Waals surface area contributed by atoms with Gasteiger partial charge in [0.05, 0.1) is 13.0 Å². The second-order valence-corrected chi connectivity index (χ2v) is 8.01. The van der Waals surface area contributed by atoms with Crippen LogP contribution in [0.25, 0.3) is 32.9 Å². The van der Waals surface area contributed by atoms with E-state index in [0.717, 1.165) is 49.9 Å². The fraction of sp³-hybridized carbons (Fsp3) is 0.179. The van der Waals surface area contributed by atoms with E-state index < -0.39 is 0 Å². The third-order valence-electron chi connectivity index (χ3n) is 5.84. The van der Waals surface area contributed by atoms with Crippen LogP contribution in [0.5, 0.6) is 5.75 Å². The monoisotopic (exact) mass is 438 g/mol. The Hall–Kier alpha value is -3.99. The molecule has 2 aromatic heterocycles. The molecule has 2 heterocycles. The van der Waals surface area contributed by atoms with Gasteiger partial charge in [-0.05, 0) is 37.1 Å². The molecule has 33 heavy (non-hydrogen) atoms. The second-order valence-electron chi connectivity index (χ2n) is 8.01. The lowest BCUT2D eigenvalue weighted by molar-refractivity contribution is -0.143. The van der Waals surface area contributed by atoms with Crippen molar-refractivity contribution in [1.29, 1.82) is 0 Å². The molecule has 5 heteroatoms. The summed E-state index contributed by atoms with van der Waals surface area (Å²) < 4.78 is 11.1. The predicted octanol–water partition coefficient (Wildman–Crippen LogP) is 6.39. The minimum atomic E-state index is -0.179. The molecule has 0 aliphatic heterocycles. The molecule has 0 bridgehead atoms. The van der Waals surface area contributed by atoms with Crippen LogP contribution in [-0.2, 0) is 22.6 Å². The molecule has 0 unspecified atom stereocenters. The number of carbonyl (C=O) groups is 1. The molecule has 0 aliphatic carbocycles. The van der Waals surface area contributed by atoms with Crippen LogP contribution in [-0.4, -0.2) is 22.5 Å². The van der Waals surface area contributed by atoms with Crippen molar-refractivity contribution in [2.24, 2.45) is 0 Å². The van der Waals surface area contributed by atoms with Crippen LogP contribution < -0.4 is 4.74 Å². The Bertz CT molecular complexity index is 1400. The minimum absolute atomic E-state index is 0.179. The van der Waals surface area contributed by atoms with Crippen molar-refractivity contribution < 1.29 is 14.3 Å². The van der Waals surface area contributed by atoms with E-state index in [1.807, 2.05) is 55.6 Å². The number of nitrogens with one attached hydrogen (secondary N) is 2. The molecule has 0 saturated heterocycles. The van der Waals surface area contributed by atoms with Gasteiger partial charge in [0, 0.05) is 50.9 Å². The second kappa shape index (κ2) is 9.25. The molecule has 2 N–H and O–H groups in total. The highest BCUT2D eigenvalue weighted by Gasteiger charge is 2.18. The van der Waals surface area contributed by atoms with Gasteiger partial charge in [-0.3, -0.25) is 4.79 Å². The van der Waals surface area contributed by atoms with Crippen molar-refractivity contribution in [3.8, 4) is 16.9 Å². The van der Waals surface area contributed by atoms with Crippen molar-refractivity contribution in [1.82, 2.24) is 9.97 Å².